The summed E-state index contributed by atoms with van der Waals surface area (Å²) >= 11 is 0. The van der Waals surface area contributed by atoms with Crippen molar-refractivity contribution in [3.05, 3.63) is 65.9 Å². The quantitative estimate of drug-likeness (QED) is 0.558. The number of hydrogen-bond acceptors (Lipinski definition) is 6. The van der Waals surface area contributed by atoms with Crippen LogP contribution in [0.4, 0.5) is 4.39 Å². The average molecular weight is 393 g/mol. The number of halogens is 1. The largest absolute Gasteiger partial charge is 0.463 e. The number of benzene rings is 1. The van der Waals surface area contributed by atoms with Gasteiger partial charge in [0.1, 0.15) is 17.2 Å². The fraction of sp³-hybridized carbons (Fsp3) is 0.200. The lowest BCUT2D eigenvalue weighted by atomic mass is 10.1. The minimum Gasteiger partial charge on any atom is -0.463 e. The van der Waals surface area contributed by atoms with Gasteiger partial charge in [0.05, 0.1) is 6.26 Å². The molecule has 29 heavy (non-hydrogen) atoms. The van der Waals surface area contributed by atoms with Gasteiger partial charge in [-0.1, -0.05) is 17.3 Å². The van der Waals surface area contributed by atoms with Crippen LogP contribution in [-0.4, -0.2) is 37.7 Å². The summed E-state index contributed by atoms with van der Waals surface area (Å²) in [5, 5.41) is 11.1. The van der Waals surface area contributed by atoms with E-state index < -0.39 is 0 Å². The van der Waals surface area contributed by atoms with Gasteiger partial charge in [0.15, 0.2) is 11.6 Å². The van der Waals surface area contributed by atoms with Crippen LogP contribution in [-0.2, 0) is 11.3 Å². The second-order valence-corrected chi connectivity index (χ2v) is 6.90. The molecule has 1 unspecified atom stereocenters. The fourth-order valence-electron chi connectivity index (χ4n) is 3.40. The van der Waals surface area contributed by atoms with Gasteiger partial charge >= 0.3 is 0 Å². The van der Waals surface area contributed by atoms with Crippen molar-refractivity contribution in [1.82, 2.24) is 25.2 Å². The number of amides is 1. The predicted molar refractivity (Wildman–Crippen MR) is 98.8 cm³/mol. The Hall–Kier alpha value is -3.75. The molecule has 3 aromatic heterocycles. The molecule has 4 aromatic rings. The Labute approximate surface area is 164 Å². The summed E-state index contributed by atoms with van der Waals surface area (Å²) in [4.78, 5) is 18.5. The van der Waals surface area contributed by atoms with Gasteiger partial charge in [-0.2, -0.15) is 10.1 Å². The summed E-state index contributed by atoms with van der Waals surface area (Å²) in [5.74, 6) is 0.955. The third kappa shape index (κ3) is 3.42. The second kappa shape index (κ2) is 7.01. The molecule has 9 heteroatoms. The Morgan fingerprint density at radius 2 is 2.10 bits per heavy atom. The van der Waals surface area contributed by atoms with Crippen molar-refractivity contribution in [2.75, 3.05) is 6.54 Å². The standard InChI is InChI=1S/C20H16FN5O3/c21-14-5-3-12(4-6-14)10-26-11-13(8-18(26)27)19-22-20(29-25-19)16-9-15(23-24-16)17-2-1-7-28-17/h1-7,9,13H,8,10-11H2,(H,23,24). The van der Waals surface area contributed by atoms with Gasteiger partial charge in [0.25, 0.3) is 5.89 Å². The molecule has 0 spiro atoms. The van der Waals surface area contributed by atoms with Crippen LogP contribution < -0.4 is 0 Å². The number of aromatic amines is 1. The molecule has 0 radical (unpaired) electrons. The minimum absolute atomic E-state index is 0.00678. The topological polar surface area (TPSA) is 101 Å². The molecule has 1 atom stereocenters. The van der Waals surface area contributed by atoms with Crippen LogP contribution in [0, 0.1) is 5.82 Å². The number of hydrogen-bond donors (Lipinski definition) is 1. The first-order chi connectivity index (χ1) is 14.2. The van der Waals surface area contributed by atoms with Crippen molar-refractivity contribution in [3.8, 4) is 23.0 Å². The molecule has 0 bridgehead atoms. The highest BCUT2D eigenvalue weighted by atomic mass is 19.1. The highest BCUT2D eigenvalue weighted by Crippen LogP contribution is 2.29. The number of carbonyl (C=O) groups is 1. The third-order valence-electron chi connectivity index (χ3n) is 4.89. The van der Waals surface area contributed by atoms with E-state index in [9.17, 15) is 9.18 Å². The van der Waals surface area contributed by atoms with Gasteiger partial charge in [-0.3, -0.25) is 9.89 Å². The Kier molecular flexibility index (Phi) is 4.19. The Balaban J connectivity index is 1.29. The van der Waals surface area contributed by atoms with E-state index in [2.05, 4.69) is 20.3 Å². The molecular weight excluding hydrogens is 377 g/mol. The van der Waals surface area contributed by atoms with Crippen molar-refractivity contribution in [2.24, 2.45) is 0 Å². The van der Waals surface area contributed by atoms with Gasteiger partial charge in [0.2, 0.25) is 5.91 Å². The third-order valence-corrected chi connectivity index (χ3v) is 4.89. The molecule has 0 aliphatic carbocycles. The van der Waals surface area contributed by atoms with Crippen molar-refractivity contribution < 1.29 is 18.1 Å². The molecule has 1 aliphatic heterocycles. The highest BCUT2D eigenvalue weighted by molar-refractivity contribution is 5.79. The molecule has 0 saturated carbocycles. The molecule has 1 amide bonds. The summed E-state index contributed by atoms with van der Waals surface area (Å²) in [6, 6.07) is 11.5. The number of nitrogens with zero attached hydrogens (tertiary/aromatic N) is 4. The van der Waals surface area contributed by atoms with Crippen molar-refractivity contribution in [1.29, 1.82) is 0 Å². The Morgan fingerprint density at radius 1 is 1.24 bits per heavy atom. The minimum atomic E-state index is -0.298. The van der Waals surface area contributed by atoms with E-state index >= 15 is 0 Å². The lowest BCUT2D eigenvalue weighted by molar-refractivity contribution is -0.128. The molecule has 1 fully saturated rings. The van der Waals surface area contributed by atoms with Gasteiger partial charge in [0, 0.05) is 31.5 Å². The molecule has 146 valence electrons. The normalized spacial score (nSPS) is 16.7. The number of H-pyrrole nitrogens is 1. The molecular formula is C20H16FN5O3. The summed E-state index contributed by atoms with van der Waals surface area (Å²) in [6.45, 7) is 0.906. The molecule has 1 aromatic carbocycles. The van der Waals surface area contributed by atoms with Gasteiger partial charge in [-0.05, 0) is 29.8 Å². The zero-order chi connectivity index (χ0) is 19.8. The molecule has 5 rings (SSSR count). The first-order valence-corrected chi connectivity index (χ1v) is 9.11. The summed E-state index contributed by atoms with van der Waals surface area (Å²) < 4.78 is 23.7. The Morgan fingerprint density at radius 3 is 2.90 bits per heavy atom. The van der Waals surface area contributed by atoms with Crippen LogP contribution in [0.2, 0.25) is 0 Å². The van der Waals surface area contributed by atoms with E-state index in [-0.39, 0.29) is 17.6 Å². The zero-order valence-electron chi connectivity index (χ0n) is 15.2. The van der Waals surface area contributed by atoms with E-state index in [0.717, 1.165) is 5.56 Å². The number of rotatable bonds is 5. The molecule has 1 aliphatic rings. The number of carbonyl (C=O) groups excluding carboxylic acids is 1. The van der Waals surface area contributed by atoms with Gasteiger partial charge < -0.3 is 13.8 Å². The van der Waals surface area contributed by atoms with Crippen molar-refractivity contribution in [2.45, 2.75) is 18.9 Å². The van der Waals surface area contributed by atoms with Crippen LogP contribution in [0.1, 0.15) is 23.7 Å². The number of aromatic nitrogens is 4. The van der Waals surface area contributed by atoms with Crippen LogP contribution in [0.15, 0.2) is 57.7 Å². The number of furan rings is 1. The fourth-order valence-corrected chi connectivity index (χ4v) is 3.40. The van der Waals surface area contributed by atoms with Gasteiger partial charge in [-0.25, -0.2) is 4.39 Å². The van der Waals surface area contributed by atoms with E-state index in [1.165, 1.54) is 12.1 Å². The van der Waals surface area contributed by atoms with Gasteiger partial charge in [-0.15, -0.1) is 0 Å². The summed E-state index contributed by atoms with van der Waals surface area (Å²) in [6.07, 6.45) is 1.88. The van der Waals surface area contributed by atoms with E-state index in [1.54, 1.807) is 41.5 Å². The van der Waals surface area contributed by atoms with Crippen LogP contribution in [0.3, 0.4) is 0 Å². The highest BCUT2D eigenvalue weighted by Gasteiger charge is 2.34. The average Bonchev–Trinajstić information content (AvgIpc) is 3.51. The van der Waals surface area contributed by atoms with Crippen LogP contribution in [0.5, 0.6) is 0 Å². The first kappa shape index (κ1) is 17.4. The molecule has 4 heterocycles. The predicted octanol–water partition coefficient (Wildman–Crippen LogP) is 3.37. The van der Waals surface area contributed by atoms with Crippen LogP contribution in [0.25, 0.3) is 23.0 Å². The monoisotopic (exact) mass is 393 g/mol. The van der Waals surface area contributed by atoms with Crippen molar-refractivity contribution in [3.63, 3.8) is 0 Å². The van der Waals surface area contributed by atoms with Crippen molar-refractivity contribution >= 4 is 5.91 Å². The molecule has 1 saturated heterocycles. The SMILES string of the molecule is O=C1CC(c2noc(-c3cc(-c4ccco4)n[nH]3)n2)CN1Cc1ccc(F)cc1. The number of likely N-dealkylation sites (tertiary alicyclic amines) is 1. The maximum atomic E-state index is 13.1. The van der Waals surface area contributed by atoms with E-state index in [4.69, 9.17) is 8.94 Å². The maximum Gasteiger partial charge on any atom is 0.275 e. The summed E-state index contributed by atoms with van der Waals surface area (Å²) in [7, 11) is 0. The molecule has 8 nitrogen and oxygen atoms in total. The lowest BCUT2D eigenvalue weighted by Gasteiger charge is -2.16. The lowest BCUT2D eigenvalue weighted by Crippen LogP contribution is -2.24. The maximum absolute atomic E-state index is 13.1. The van der Waals surface area contributed by atoms with E-state index in [1.807, 2.05) is 0 Å². The zero-order valence-corrected chi connectivity index (χ0v) is 15.2. The summed E-state index contributed by atoms with van der Waals surface area (Å²) in [5.41, 5.74) is 2.08. The number of nitrogens with one attached hydrogen (secondary N) is 1. The Bertz CT molecular complexity index is 1130. The van der Waals surface area contributed by atoms with Crippen LogP contribution >= 0.6 is 0 Å². The molecule has 1 N–H and O–H groups in total. The second-order valence-electron chi connectivity index (χ2n) is 6.90. The first-order valence-electron chi connectivity index (χ1n) is 9.11. The smallest absolute Gasteiger partial charge is 0.275 e. The van der Waals surface area contributed by atoms with E-state index in [0.29, 0.717) is 48.4 Å².